The summed E-state index contributed by atoms with van der Waals surface area (Å²) in [6.07, 6.45) is 6.83. The molecule has 1 heterocycles. The molecule has 0 aromatic heterocycles. The minimum atomic E-state index is -0.284. The van der Waals surface area contributed by atoms with E-state index < -0.39 is 0 Å². The number of hydrogen-bond donors (Lipinski definition) is 1. The van der Waals surface area contributed by atoms with Gasteiger partial charge in [0.1, 0.15) is 0 Å². The molecule has 21 heavy (non-hydrogen) atoms. The summed E-state index contributed by atoms with van der Waals surface area (Å²) in [6, 6.07) is 0.703. The highest BCUT2D eigenvalue weighted by Gasteiger charge is 2.31. The maximum Gasteiger partial charge on any atom is 0.237 e. The number of carbonyl (C=O) groups excluding carboxylic acids is 1. The standard InChI is InChI=1S/C17H32N2O2/c1-13(2)19(15-7-5-4-6-8-15)17(21)12-18-10-9-14(3)16(20)11-18/h13-16,20H,4-12H2,1-3H3. The van der Waals surface area contributed by atoms with Crippen molar-refractivity contribution in [2.45, 2.75) is 77.5 Å². The van der Waals surface area contributed by atoms with Crippen LogP contribution in [0.15, 0.2) is 0 Å². The Morgan fingerprint density at radius 2 is 1.90 bits per heavy atom. The van der Waals surface area contributed by atoms with E-state index >= 15 is 0 Å². The number of amides is 1. The Labute approximate surface area is 129 Å². The smallest absolute Gasteiger partial charge is 0.237 e. The molecule has 2 aliphatic rings. The van der Waals surface area contributed by atoms with Crippen molar-refractivity contribution in [1.82, 2.24) is 9.80 Å². The number of hydrogen-bond acceptors (Lipinski definition) is 3. The first-order valence-electron chi connectivity index (χ1n) is 8.70. The van der Waals surface area contributed by atoms with Gasteiger partial charge in [0.05, 0.1) is 12.6 Å². The molecule has 122 valence electrons. The summed E-state index contributed by atoms with van der Waals surface area (Å²) in [6.45, 7) is 8.38. The van der Waals surface area contributed by atoms with Gasteiger partial charge in [0.2, 0.25) is 5.91 Å². The van der Waals surface area contributed by atoms with E-state index in [0.717, 1.165) is 25.8 Å². The quantitative estimate of drug-likeness (QED) is 0.865. The highest BCUT2D eigenvalue weighted by Crippen LogP contribution is 2.25. The van der Waals surface area contributed by atoms with Gasteiger partial charge in [-0.25, -0.2) is 0 Å². The Morgan fingerprint density at radius 3 is 2.48 bits per heavy atom. The third kappa shape index (κ3) is 4.43. The van der Waals surface area contributed by atoms with Crippen molar-refractivity contribution in [3.8, 4) is 0 Å². The third-order valence-electron chi connectivity index (χ3n) is 5.17. The summed E-state index contributed by atoms with van der Waals surface area (Å²) in [5, 5.41) is 9.99. The van der Waals surface area contributed by atoms with Crippen LogP contribution in [0.3, 0.4) is 0 Å². The van der Waals surface area contributed by atoms with Crippen LogP contribution >= 0.6 is 0 Å². The fraction of sp³-hybridized carbons (Fsp3) is 0.941. The van der Waals surface area contributed by atoms with Crippen molar-refractivity contribution in [2.75, 3.05) is 19.6 Å². The van der Waals surface area contributed by atoms with E-state index in [2.05, 4.69) is 30.6 Å². The van der Waals surface area contributed by atoms with Gasteiger partial charge in [-0.05, 0) is 45.6 Å². The van der Waals surface area contributed by atoms with Crippen LogP contribution in [0.2, 0.25) is 0 Å². The second-order valence-corrected chi connectivity index (χ2v) is 7.26. The Bertz CT molecular complexity index is 340. The molecule has 1 N–H and O–H groups in total. The summed E-state index contributed by atoms with van der Waals surface area (Å²) in [5.74, 6) is 0.606. The monoisotopic (exact) mass is 296 g/mol. The van der Waals surface area contributed by atoms with E-state index in [-0.39, 0.29) is 18.1 Å². The molecule has 0 bridgehead atoms. The summed E-state index contributed by atoms with van der Waals surface area (Å²) in [5.41, 5.74) is 0. The van der Waals surface area contributed by atoms with Crippen molar-refractivity contribution in [1.29, 1.82) is 0 Å². The topological polar surface area (TPSA) is 43.8 Å². The Morgan fingerprint density at radius 1 is 1.24 bits per heavy atom. The maximum absolute atomic E-state index is 12.7. The van der Waals surface area contributed by atoms with Crippen LogP contribution in [0.4, 0.5) is 0 Å². The van der Waals surface area contributed by atoms with E-state index in [0.29, 0.717) is 25.0 Å². The van der Waals surface area contributed by atoms with Gasteiger partial charge < -0.3 is 10.0 Å². The van der Waals surface area contributed by atoms with Gasteiger partial charge in [-0.3, -0.25) is 9.69 Å². The average Bonchev–Trinajstić information content (AvgIpc) is 2.44. The van der Waals surface area contributed by atoms with Crippen LogP contribution in [0.5, 0.6) is 0 Å². The summed E-state index contributed by atoms with van der Waals surface area (Å²) >= 11 is 0. The fourth-order valence-corrected chi connectivity index (χ4v) is 3.80. The predicted octanol–water partition coefficient (Wildman–Crippen LogP) is 2.26. The Hall–Kier alpha value is -0.610. The zero-order valence-corrected chi connectivity index (χ0v) is 13.9. The van der Waals surface area contributed by atoms with E-state index in [1.54, 1.807) is 0 Å². The number of piperidine rings is 1. The van der Waals surface area contributed by atoms with Gasteiger partial charge in [0, 0.05) is 18.6 Å². The van der Waals surface area contributed by atoms with Crippen LogP contribution in [0, 0.1) is 5.92 Å². The molecule has 2 atom stereocenters. The molecule has 2 unspecified atom stereocenters. The van der Waals surface area contributed by atoms with Crippen LogP contribution in [-0.4, -0.2) is 58.6 Å². The Kier molecular flexibility index (Phi) is 6.06. The second kappa shape index (κ2) is 7.59. The molecule has 0 aromatic carbocycles. The van der Waals surface area contributed by atoms with Gasteiger partial charge in [-0.1, -0.05) is 26.2 Å². The first-order valence-corrected chi connectivity index (χ1v) is 8.70. The molecule has 4 heteroatoms. The van der Waals surface area contributed by atoms with Gasteiger partial charge in [0.15, 0.2) is 0 Å². The minimum Gasteiger partial charge on any atom is -0.392 e. The normalized spacial score (nSPS) is 28.8. The van der Waals surface area contributed by atoms with Crippen LogP contribution < -0.4 is 0 Å². The number of aliphatic hydroxyl groups is 1. The minimum absolute atomic E-state index is 0.249. The molecule has 1 saturated carbocycles. The number of aliphatic hydroxyl groups excluding tert-OH is 1. The molecule has 4 nitrogen and oxygen atoms in total. The van der Waals surface area contributed by atoms with Gasteiger partial charge in [0.25, 0.3) is 0 Å². The average molecular weight is 296 g/mol. The lowest BCUT2D eigenvalue weighted by atomic mass is 9.93. The maximum atomic E-state index is 12.7. The molecule has 2 fully saturated rings. The Balaban J connectivity index is 1.92. The zero-order valence-electron chi connectivity index (χ0n) is 13.9. The van der Waals surface area contributed by atoms with E-state index in [4.69, 9.17) is 0 Å². The summed E-state index contributed by atoms with van der Waals surface area (Å²) in [7, 11) is 0. The second-order valence-electron chi connectivity index (χ2n) is 7.26. The molecule has 0 aromatic rings. The number of β-amino-alcohol motifs (C(OH)–C–C–N with tert-alkyl or cyclic N) is 1. The molecule has 2 rings (SSSR count). The van der Waals surface area contributed by atoms with E-state index in [9.17, 15) is 9.90 Å². The molecule has 1 amide bonds. The first-order chi connectivity index (χ1) is 9.99. The molecule has 0 spiro atoms. The van der Waals surface area contributed by atoms with Crippen LogP contribution in [-0.2, 0) is 4.79 Å². The zero-order chi connectivity index (χ0) is 15.4. The van der Waals surface area contributed by atoms with Crippen molar-refractivity contribution in [3.63, 3.8) is 0 Å². The first kappa shape index (κ1) is 16.8. The number of nitrogens with zero attached hydrogens (tertiary/aromatic N) is 2. The van der Waals surface area contributed by atoms with Gasteiger partial charge in [-0.15, -0.1) is 0 Å². The lowest BCUT2D eigenvalue weighted by molar-refractivity contribution is -0.138. The molecule has 0 radical (unpaired) electrons. The molecule has 1 aliphatic heterocycles. The predicted molar refractivity (Wildman–Crippen MR) is 85.1 cm³/mol. The number of likely N-dealkylation sites (tertiary alicyclic amines) is 1. The molecule has 1 aliphatic carbocycles. The molecule has 1 saturated heterocycles. The fourth-order valence-electron chi connectivity index (χ4n) is 3.80. The van der Waals surface area contributed by atoms with Gasteiger partial charge >= 0.3 is 0 Å². The third-order valence-corrected chi connectivity index (χ3v) is 5.17. The molecular formula is C17H32N2O2. The summed E-state index contributed by atoms with van der Waals surface area (Å²) in [4.78, 5) is 17.0. The lowest BCUT2D eigenvalue weighted by Crippen LogP contribution is -2.52. The van der Waals surface area contributed by atoms with Crippen LogP contribution in [0.1, 0.15) is 59.3 Å². The van der Waals surface area contributed by atoms with Crippen molar-refractivity contribution < 1.29 is 9.90 Å². The van der Waals surface area contributed by atoms with Crippen molar-refractivity contribution in [3.05, 3.63) is 0 Å². The van der Waals surface area contributed by atoms with Crippen molar-refractivity contribution >= 4 is 5.91 Å². The van der Waals surface area contributed by atoms with Crippen LogP contribution in [0.25, 0.3) is 0 Å². The lowest BCUT2D eigenvalue weighted by Gasteiger charge is -2.40. The van der Waals surface area contributed by atoms with E-state index in [1.807, 2.05) is 0 Å². The van der Waals surface area contributed by atoms with Gasteiger partial charge in [-0.2, -0.15) is 0 Å². The number of carbonyl (C=O) groups is 1. The summed E-state index contributed by atoms with van der Waals surface area (Å²) < 4.78 is 0. The molecular weight excluding hydrogens is 264 g/mol. The van der Waals surface area contributed by atoms with E-state index in [1.165, 1.54) is 19.3 Å². The highest BCUT2D eigenvalue weighted by molar-refractivity contribution is 5.79. The number of rotatable bonds is 4. The van der Waals surface area contributed by atoms with Crippen molar-refractivity contribution in [2.24, 2.45) is 5.92 Å². The largest absolute Gasteiger partial charge is 0.392 e. The SMILES string of the molecule is CC1CCN(CC(=O)N(C(C)C)C2CCCCC2)CC1O. The highest BCUT2D eigenvalue weighted by atomic mass is 16.3.